The van der Waals surface area contributed by atoms with Gasteiger partial charge in [0.25, 0.3) is 5.91 Å². The first-order chi connectivity index (χ1) is 9.83. The van der Waals surface area contributed by atoms with Crippen molar-refractivity contribution >= 4 is 16.8 Å². The number of fused-ring (bicyclic) bond motifs is 1. The molecule has 1 aliphatic rings. The number of nitrogens with zero attached hydrogens (tertiary/aromatic N) is 1. The molecule has 0 radical (unpaired) electrons. The van der Waals surface area contributed by atoms with Crippen LogP contribution in [0.4, 0.5) is 0 Å². The van der Waals surface area contributed by atoms with Crippen LogP contribution in [0.3, 0.4) is 0 Å². The van der Waals surface area contributed by atoms with Gasteiger partial charge in [0.05, 0.1) is 5.52 Å². The predicted octanol–water partition coefficient (Wildman–Crippen LogP) is 2.11. The molecule has 4 heteroatoms. The first-order valence-electron chi connectivity index (χ1n) is 7.20. The summed E-state index contributed by atoms with van der Waals surface area (Å²) in [5.74, 6) is -0.0891. The maximum atomic E-state index is 12.1. The Bertz CT molecular complexity index is 605. The lowest BCUT2D eigenvalue weighted by molar-refractivity contribution is 0.0947. The molecule has 2 N–H and O–H groups in total. The first kappa shape index (κ1) is 13.1. The highest BCUT2D eigenvalue weighted by molar-refractivity contribution is 5.94. The summed E-state index contributed by atoms with van der Waals surface area (Å²) in [6, 6.07) is 12.1. The molecule has 2 heterocycles. The zero-order chi connectivity index (χ0) is 13.8. The normalized spacial score (nSPS) is 18.3. The van der Waals surface area contributed by atoms with E-state index in [-0.39, 0.29) is 5.91 Å². The average Bonchev–Trinajstić information content (AvgIpc) is 3.00. The van der Waals surface area contributed by atoms with E-state index in [0.29, 0.717) is 18.3 Å². The van der Waals surface area contributed by atoms with Gasteiger partial charge in [-0.25, -0.2) is 4.98 Å². The molecule has 20 heavy (non-hydrogen) atoms. The summed E-state index contributed by atoms with van der Waals surface area (Å²) in [5, 5.41) is 7.43. The Morgan fingerprint density at radius 2 is 2.20 bits per heavy atom. The lowest BCUT2D eigenvalue weighted by Gasteiger charge is -2.10. The molecular weight excluding hydrogens is 250 g/mol. The van der Waals surface area contributed by atoms with E-state index < -0.39 is 0 Å². The van der Waals surface area contributed by atoms with Gasteiger partial charge in [-0.05, 0) is 37.9 Å². The Morgan fingerprint density at radius 1 is 1.30 bits per heavy atom. The van der Waals surface area contributed by atoms with Crippen LogP contribution in [0, 0.1) is 0 Å². The minimum atomic E-state index is -0.0891. The molecule has 1 fully saturated rings. The monoisotopic (exact) mass is 269 g/mol. The van der Waals surface area contributed by atoms with Gasteiger partial charge < -0.3 is 10.6 Å². The number of carbonyl (C=O) groups is 1. The number of para-hydroxylation sites is 1. The quantitative estimate of drug-likeness (QED) is 0.893. The zero-order valence-electron chi connectivity index (χ0n) is 11.4. The molecule has 104 valence electrons. The Morgan fingerprint density at radius 3 is 3.05 bits per heavy atom. The number of benzene rings is 1. The third-order valence-corrected chi connectivity index (χ3v) is 3.77. The van der Waals surface area contributed by atoms with Crippen LogP contribution in [0.5, 0.6) is 0 Å². The fourth-order valence-electron chi connectivity index (χ4n) is 2.65. The highest BCUT2D eigenvalue weighted by Gasteiger charge is 2.14. The molecule has 1 atom stereocenters. The van der Waals surface area contributed by atoms with Crippen molar-refractivity contribution in [2.45, 2.75) is 25.3 Å². The molecule has 1 unspecified atom stereocenters. The van der Waals surface area contributed by atoms with Gasteiger partial charge in [0.2, 0.25) is 0 Å². The van der Waals surface area contributed by atoms with Crippen molar-refractivity contribution < 1.29 is 4.79 Å². The minimum absolute atomic E-state index is 0.0891. The van der Waals surface area contributed by atoms with Gasteiger partial charge in [-0.2, -0.15) is 0 Å². The Balaban J connectivity index is 1.60. The van der Waals surface area contributed by atoms with Gasteiger partial charge in [-0.1, -0.05) is 24.3 Å². The summed E-state index contributed by atoms with van der Waals surface area (Å²) in [5.41, 5.74) is 1.35. The van der Waals surface area contributed by atoms with Crippen LogP contribution < -0.4 is 10.6 Å². The zero-order valence-corrected chi connectivity index (χ0v) is 11.4. The summed E-state index contributed by atoms with van der Waals surface area (Å²) in [4.78, 5) is 16.5. The lowest BCUT2D eigenvalue weighted by Crippen LogP contribution is -2.31. The predicted molar refractivity (Wildman–Crippen MR) is 79.7 cm³/mol. The molecule has 0 bridgehead atoms. The van der Waals surface area contributed by atoms with E-state index in [4.69, 9.17) is 0 Å². The van der Waals surface area contributed by atoms with Crippen molar-refractivity contribution in [3.05, 3.63) is 42.1 Å². The number of aromatic nitrogens is 1. The molecule has 1 saturated heterocycles. The van der Waals surface area contributed by atoms with Crippen LogP contribution in [0.25, 0.3) is 10.9 Å². The van der Waals surface area contributed by atoms with Crippen molar-refractivity contribution in [3.63, 3.8) is 0 Å². The Kier molecular flexibility index (Phi) is 3.92. The summed E-state index contributed by atoms with van der Waals surface area (Å²) in [7, 11) is 0. The average molecular weight is 269 g/mol. The number of pyridine rings is 1. The van der Waals surface area contributed by atoms with Crippen molar-refractivity contribution in [3.8, 4) is 0 Å². The number of hydrogen-bond acceptors (Lipinski definition) is 3. The number of nitrogens with one attached hydrogen (secondary N) is 2. The van der Waals surface area contributed by atoms with Crippen LogP contribution >= 0.6 is 0 Å². The van der Waals surface area contributed by atoms with E-state index in [2.05, 4.69) is 15.6 Å². The van der Waals surface area contributed by atoms with Gasteiger partial charge in [0.15, 0.2) is 0 Å². The molecule has 0 saturated carbocycles. The molecular formula is C16H19N3O. The highest BCUT2D eigenvalue weighted by atomic mass is 16.1. The van der Waals surface area contributed by atoms with E-state index in [1.54, 1.807) is 6.07 Å². The highest BCUT2D eigenvalue weighted by Crippen LogP contribution is 2.12. The molecule has 4 nitrogen and oxygen atoms in total. The van der Waals surface area contributed by atoms with Gasteiger partial charge in [-0.3, -0.25) is 4.79 Å². The molecule has 1 amide bonds. The van der Waals surface area contributed by atoms with E-state index in [9.17, 15) is 4.79 Å². The Hall–Kier alpha value is -1.94. The molecule has 1 aromatic heterocycles. The fraction of sp³-hybridized carbons (Fsp3) is 0.375. The van der Waals surface area contributed by atoms with Crippen molar-refractivity contribution in [1.82, 2.24) is 15.6 Å². The van der Waals surface area contributed by atoms with Crippen LogP contribution in [0.2, 0.25) is 0 Å². The second kappa shape index (κ2) is 6.01. The minimum Gasteiger partial charge on any atom is -0.351 e. The lowest BCUT2D eigenvalue weighted by atomic mass is 10.1. The number of rotatable bonds is 4. The topological polar surface area (TPSA) is 54.0 Å². The molecule has 0 aliphatic carbocycles. The van der Waals surface area contributed by atoms with Crippen LogP contribution in [0.15, 0.2) is 36.4 Å². The van der Waals surface area contributed by atoms with Gasteiger partial charge in [0, 0.05) is 18.0 Å². The SMILES string of the molecule is O=C(NCCC1CCCN1)c1ccc2ccccc2n1. The van der Waals surface area contributed by atoms with Gasteiger partial charge in [-0.15, -0.1) is 0 Å². The van der Waals surface area contributed by atoms with Crippen LogP contribution in [-0.2, 0) is 0 Å². The number of amides is 1. The number of hydrogen-bond donors (Lipinski definition) is 2. The third-order valence-electron chi connectivity index (χ3n) is 3.77. The Labute approximate surface area is 118 Å². The third kappa shape index (κ3) is 2.96. The molecule has 2 aromatic rings. The van der Waals surface area contributed by atoms with Crippen molar-refractivity contribution in [2.75, 3.05) is 13.1 Å². The molecule has 3 rings (SSSR count). The second-order valence-electron chi connectivity index (χ2n) is 5.23. The molecule has 1 aromatic carbocycles. The van der Waals surface area contributed by atoms with Gasteiger partial charge in [0.1, 0.15) is 5.69 Å². The number of carbonyl (C=O) groups excluding carboxylic acids is 1. The largest absolute Gasteiger partial charge is 0.351 e. The van der Waals surface area contributed by atoms with Crippen molar-refractivity contribution in [2.24, 2.45) is 0 Å². The summed E-state index contributed by atoms with van der Waals surface area (Å²) in [6.07, 6.45) is 3.44. The summed E-state index contributed by atoms with van der Waals surface area (Å²) < 4.78 is 0. The van der Waals surface area contributed by atoms with E-state index in [1.165, 1.54) is 12.8 Å². The molecule has 1 aliphatic heterocycles. The second-order valence-corrected chi connectivity index (χ2v) is 5.23. The van der Waals surface area contributed by atoms with Crippen molar-refractivity contribution in [1.29, 1.82) is 0 Å². The van der Waals surface area contributed by atoms with E-state index in [0.717, 1.165) is 23.9 Å². The maximum absolute atomic E-state index is 12.1. The maximum Gasteiger partial charge on any atom is 0.269 e. The fourth-order valence-corrected chi connectivity index (χ4v) is 2.65. The van der Waals surface area contributed by atoms with E-state index >= 15 is 0 Å². The standard InChI is InChI=1S/C16H19N3O/c20-16(18-11-9-13-5-3-10-17-13)15-8-7-12-4-1-2-6-14(12)19-15/h1-2,4,6-8,13,17H,3,5,9-11H2,(H,18,20). The van der Waals surface area contributed by atoms with E-state index in [1.807, 2.05) is 30.3 Å². The first-order valence-corrected chi connectivity index (χ1v) is 7.20. The summed E-state index contributed by atoms with van der Waals surface area (Å²) >= 11 is 0. The summed E-state index contributed by atoms with van der Waals surface area (Å²) in [6.45, 7) is 1.80. The van der Waals surface area contributed by atoms with Gasteiger partial charge >= 0.3 is 0 Å². The van der Waals surface area contributed by atoms with Crippen LogP contribution in [-0.4, -0.2) is 30.0 Å². The van der Waals surface area contributed by atoms with Crippen LogP contribution in [0.1, 0.15) is 29.8 Å². The molecule has 0 spiro atoms. The smallest absolute Gasteiger partial charge is 0.269 e.